The van der Waals surface area contributed by atoms with Gasteiger partial charge in [0.05, 0.1) is 0 Å². The molecule has 0 spiro atoms. The first-order chi connectivity index (χ1) is 3.13. The Hall–Kier alpha value is 0.314. The van der Waals surface area contributed by atoms with Gasteiger partial charge in [0, 0.05) is 0 Å². The van der Waals surface area contributed by atoms with E-state index in [1.807, 2.05) is 0 Å². The first-order valence-corrected chi connectivity index (χ1v) is 5.57. The van der Waals surface area contributed by atoms with Gasteiger partial charge in [-0.15, -0.1) is 0 Å². The van der Waals surface area contributed by atoms with Crippen LogP contribution in [-0.4, -0.2) is 28.2 Å². The highest BCUT2D eigenvalue weighted by Crippen LogP contribution is 1.80. The summed E-state index contributed by atoms with van der Waals surface area (Å²) in [4.78, 5) is 16.9. The van der Waals surface area contributed by atoms with Gasteiger partial charge < -0.3 is 13.7 Å². The van der Waals surface area contributed by atoms with Crippen molar-refractivity contribution >= 4 is 18.6 Å². The van der Waals surface area contributed by atoms with Crippen molar-refractivity contribution in [2.24, 2.45) is 0 Å². The van der Waals surface area contributed by atoms with Crippen molar-refractivity contribution in [2.75, 3.05) is 0 Å². The monoisotopic (exact) mass is 136 g/mol. The summed E-state index contributed by atoms with van der Waals surface area (Å²) >= 11 is 0. The molecule has 42 valence electrons. The molecule has 7 heavy (non-hydrogen) atoms. The molecule has 0 saturated heterocycles. The van der Waals surface area contributed by atoms with Crippen LogP contribution >= 0.6 is 0 Å². The van der Waals surface area contributed by atoms with Crippen LogP contribution in [0.2, 0.25) is 13.1 Å². The summed E-state index contributed by atoms with van der Waals surface area (Å²) in [5, 5.41) is 0. The zero-order valence-corrected chi connectivity index (χ0v) is 6.30. The van der Waals surface area contributed by atoms with Gasteiger partial charge in [-0.25, -0.2) is 0 Å². The normalized spacial score (nSPS) is 11.1. The molecule has 0 aromatic rings. The quantitative estimate of drug-likeness (QED) is 0.490. The highest BCUT2D eigenvalue weighted by molar-refractivity contribution is 6.56. The van der Waals surface area contributed by atoms with E-state index in [9.17, 15) is 0 Å². The Morgan fingerprint density at radius 2 is 1.43 bits per heavy atom. The lowest BCUT2D eigenvalue weighted by molar-refractivity contribution is 0.367. The van der Waals surface area contributed by atoms with Gasteiger partial charge in [0.15, 0.2) is 0 Å². The molecule has 0 aliphatic rings. The van der Waals surface area contributed by atoms with Gasteiger partial charge in [-0.3, -0.25) is 0 Å². The smallest absolute Gasteiger partial charge is 0.368 e. The van der Waals surface area contributed by atoms with Crippen molar-refractivity contribution in [3.63, 3.8) is 0 Å². The zero-order chi connectivity index (χ0) is 5.86. The Morgan fingerprint density at radius 1 is 1.14 bits per heavy atom. The van der Waals surface area contributed by atoms with Gasteiger partial charge in [-0.1, -0.05) is 0 Å². The summed E-state index contributed by atoms with van der Waals surface area (Å²) in [5.41, 5.74) is 0. The molecule has 2 N–H and O–H groups in total. The third kappa shape index (κ3) is 6.31. The molecule has 0 amide bonds. The lowest BCUT2D eigenvalue weighted by atomic mass is 11.9. The molecule has 3 nitrogen and oxygen atoms in total. The van der Waals surface area contributed by atoms with Crippen LogP contribution in [0.1, 0.15) is 0 Å². The number of rotatable bonds is 2. The minimum atomic E-state index is -1.64. The molecule has 0 saturated carbocycles. The highest BCUT2D eigenvalue weighted by Gasteiger charge is 2.06. The van der Waals surface area contributed by atoms with Gasteiger partial charge in [0.2, 0.25) is 0 Å². The Bertz CT molecular complexity index is 40.2. The topological polar surface area (TPSA) is 49.7 Å². The van der Waals surface area contributed by atoms with Crippen LogP contribution in [0, 0.1) is 0 Å². The maximum Gasteiger partial charge on any atom is 0.368 e. The van der Waals surface area contributed by atoms with Crippen LogP contribution in [0.3, 0.4) is 0 Å². The van der Waals surface area contributed by atoms with E-state index in [1.54, 1.807) is 13.1 Å². The molecular weight excluding hydrogens is 128 g/mol. The third-order valence-electron chi connectivity index (χ3n) is 0.295. The van der Waals surface area contributed by atoms with Crippen molar-refractivity contribution in [2.45, 2.75) is 13.1 Å². The molecule has 0 rings (SSSR count). The van der Waals surface area contributed by atoms with Gasteiger partial charge >= 0.3 is 18.6 Å². The number of hydrogen-bond acceptors (Lipinski definition) is 3. The first kappa shape index (κ1) is 7.31. The molecule has 0 bridgehead atoms. The van der Waals surface area contributed by atoms with Crippen molar-refractivity contribution in [1.82, 2.24) is 0 Å². The summed E-state index contributed by atoms with van der Waals surface area (Å²) in [6, 6.07) is 0. The Kier molecular flexibility index (Phi) is 3.48. The Morgan fingerprint density at radius 3 is 1.43 bits per heavy atom. The van der Waals surface area contributed by atoms with E-state index in [0.29, 0.717) is 0 Å². The van der Waals surface area contributed by atoms with E-state index < -0.39 is 18.6 Å². The molecule has 5 heteroatoms. The van der Waals surface area contributed by atoms with Crippen molar-refractivity contribution in [3.8, 4) is 0 Å². The molecule has 0 aromatic carbocycles. The third-order valence-corrected chi connectivity index (χ3v) is 2.66. The molecule has 0 aliphatic heterocycles. The average molecular weight is 136 g/mol. The Balaban J connectivity index is 2.95. The second-order valence-corrected chi connectivity index (χ2v) is 4.03. The van der Waals surface area contributed by atoms with E-state index in [-0.39, 0.29) is 0 Å². The van der Waals surface area contributed by atoms with Crippen LogP contribution in [0.25, 0.3) is 0 Å². The number of hydrogen-bond donors (Lipinski definition) is 2. The summed E-state index contributed by atoms with van der Waals surface area (Å²) in [6.07, 6.45) is 0. The average Bonchev–Trinajstić information content (AvgIpc) is 1.27. The zero-order valence-electron chi connectivity index (χ0n) is 4.30. The predicted molar refractivity (Wildman–Crippen MR) is 28.8 cm³/mol. The van der Waals surface area contributed by atoms with Crippen molar-refractivity contribution in [1.29, 1.82) is 0 Å². The maximum absolute atomic E-state index is 8.47. The van der Waals surface area contributed by atoms with Gasteiger partial charge in [-0.05, 0) is 13.1 Å². The highest BCUT2D eigenvalue weighted by atomic mass is 28.4. The molecule has 0 aromatic heterocycles. The molecule has 0 aliphatic carbocycles. The van der Waals surface area contributed by atoms with E-state index in [1.165, 1.54) is 0 Å². The maximum atomic E-state index is 8.47. The largest absolute Gasteiger partial charge is 0.413 e. The van der Waals surface area contributed by atoms with Crippen LogP contribution in [0.4, 0.5) is 0 Å². The fourth-order valence-corrected chi connectivity index (χ4v) is 1.92. The molecular formula is C2H8O3Si2. The van der Waals surface area contributed by atoms with E-state index in [2.05, 4.69) is 4.12 Å². The van der Waals surface area contributed by atoms with E-state index in [0.717, 1.165) is 0 Å². The summed E-state index contributed by atoms with van der Waals surface area (Å²) in [6.45, 7) is 3.13. The van der Waals surface area contributed by atoms with Crippen LogP contribution in [-0.2, 0) is 4.12 Å². The standard InChI is InChI=1S/C2H8O3Si2/c1-6(3)5-7(2)4/h3-4H,1-2H3. The second-order valence-electron chi connectivity index (χ2n) is 1.14. The van der Waals surface area contributed by atoms with Crippen molar-refractivity contribution < 1.29 is 13.7 Å². The summed E-state index contributed by atoms with van der Waals surface area (Å²) < 4.78 is 4.56. The lowest BCUT2D eigenvalue weighted by Crippen LogP contribution is -2.23. The molecule has 2 radical (unpaired) electrons. The predicted octanol–water partition coefficient (Wildman–Crippen LogP) is -0.776. The van der Waals surface area contributed by atoms with Gasteiger partial charge in [-0.2, -0.15) is 0 Å². The molecule has 0 fully saturated rings. The SMILES string of the molecule is C[Si](O)O[Si](C)O. The fraction of sp³-hybridized carbons (Fsp3) is 1.00. The van der Waals surface area contributed by atoms with Crippen LogP contribution < -0.4 is 0 Å². The molecule has 0 atom stereocenters. The van der Waals surface area contributed by atoms with Crippen LogP contribution in [0.15, 0.2) is 0 Å². The molecule has 0 heterocycles. The second kappa shape index (κ2) is 3.33. The van der Waals surface area contributed by atoms with Gasteiger partial charge in [0.1, 0.15) is 0 Å². The van der Waals surface area contributed by atoms with Crippen molar-refractivity contribution in [3.05, 3.63) is 0 Å². The molecule has 0 unspecified atom stereocenters. The van der Waals surface area contributed by atoms with Crippen LogP contribution in [0.5, 0.6) is 0 Å². The minimum Gasteiger partial charge on any atom is -0.413 e. The van der Waals surface area contributed by atoms with E-state index in [4.69, 9.17) is 9.59 Å². The first-order valence-electron chi connectivity index (χ1n) is 1.86. The minimum absolute atomic E-state index is 1.56. The Labute approximate surface area is 46.3 Å². The fourth-order valence-electron chi connectivity index (χ4n) is 0.214. The lowest BCUT2D eigenvalue weighted by Gasteiger charge is -2.01. The summed E-state index contributed by atoms with van der Waals surface area (Å²) in [7, 11) is -3.28. The summed E-state index contributed by atoms with van der Waals surface area (Å²) in [5.74, 6) is 0. The van der Waals surface area contributed by atoms with Gasteiger partial charge in [0.25, 0.3) is 0 Å². The van der Waals surface area contributed by atoms with E-state index >= 15 is 0 Å².